The lowest BCUT2D eigenvalue weighted by molar-refractivity contribution is -0.154. The maximum absolute atomic E-state index is 12.5. The van der Waals surface area contributed by atoms with Crippen LogP contribution in [0.4, 0.5) is 0 Å². The number of esters is 1. The Labute approximate surface area is 154 Å². The van der Waals surface area contributed by atoms with Gasteiger partial charge in [-0.15, -0.1) is 11.8 Å². The lowest BCUT2D eigenvalue weighted by Gasteiger charge is -2.29. The number of carbonyl (C=O) groups is 2. The second-order valence-electron chi connectivity index (χ2n) is 6.89. The summed E-state index contributed by atoms with van der Waals surface area (Å²) in [7, 11) is 0. The average molecular weight is 373 g/mol. The molecule has 2 aliphatic rings. The number of aryl methyl sites for hydroxylation is 1. The third-order valence-electron chi connectivity index (χ3n) is 4.94. The van der Waals surface area contributed by atoms with Crippen LogP contribution < -0.4 is 5.56 Å². The lowest BCUT2D eigenvalue weighted by atomic mass is 10.2. The van der Waals surface area contributed by atoms with E-state index in [4.69, 9.17) is 4.74 Å². The molecule has 2 saturated heterocycles. The normalized spacial score (nSPS) is 24.9. The standard InChI is InChI=1S/C18H19N3O4S/c1-11-3-4-14-19-12(7-16(23)20(14)8-11)9-25-17(24)13-10-26-18(2)6-5-15(22)21(13)18/h3-4,7-8,13H,5-6,9-10H2,1-2H3/t13-,18-/m1/s1. The van der Waals surface area contributed by atoms with Gasteiger partial charge >= 0.3 is 5.97 Å². The SMILES string of the molecule is Cc1ccc2nc(COC(=O)[C@H]3CS[C@]4(C)CCC(=O)N34)cc(=O)n2c1. The number of nitrogens with zero attached hydrogens (tertiary/aromatic N) is 3. The molecule has 0 saturated carbocycles. The van der Waals surface area contributed by atoms with Crippen LogP contribution in [0.25, 0.3) is 5.65 Å². The maximum atomic E-state index is 12.5. The van der Waals surface area contributed by atoms with E-state index >= 15 is 0 Å². The van der Waals surface area contributed by atoms with Crippen molar-refractivity contribution in [3.8, 4) is 0 Å². The fraction of sp³-hybridized carbons (Fsp3) is 0.444. The first-order valence-corrected chi connectivity index (χ1v) is 9.48. The first kappa shape index (κ1) is 17.1. The Kier molecular flexibility index (Phi) is 4.02. The summed E-state index contributed by atoms with van der Waals surface area (Å²) in [5.41, 5.74) is 1.64. The Balaban J connectivity index is 1.50. The topological polar surface area (TPSA) is 81.0 Å². The molecular formula is C18H19N3O4S. The van der Waals surface area contributed by atoms with Crippen molar-refractivity contribution >= 4 is 29.3 Å². The average Bonchev–Trinajstić information content (AvgIpc) is 3.10. The summed E-state index contributed by atoms with van der Waals surface area (Å²) in [6, 6.07) is 4.43. The van der Waals surface area contributed by atoms with Crippen LogP contribution >= 0.6 is 11.8 Å². The summed E-state index contributed by atoms with van der Waals surface area (Å²) >= 11 is 1.62. The summed E-state index contributed by atoms with van der Waals surface area (Å²) in [5, 5.41) is 0. The molecular weight excluding hydrogens is 354 g/mol. The third kappa shape index (κ3) is 2.78. The summed E-state index contributed by atoms with van der Waals surface area (Å²) < 4.78 is 6.85. The van der Waals surface area contributed by atoms with E-state index in [-0.39, 0.29) is 22.9 Å². The van der Waals surface area contributed by atoms with Crippen LogP contribution in [0.1, 0.15) is 31.0 Å². The van der Waals surface area contributed by atoms with Crippen LogP contribution in [0.3, 0.4) is 0 Å². The molecule has 7 nitrogen and oxygen atoms in total. The zero-order chi connectivity index (χ0) is 18.5. The van der Waals surface area contributed by atoms with Gasteiger partial charge in [0.2, 0.25) is 5.91 Å². The Morgan fingerprint density at radius 1 is 1.42 bits per heavy atom. The van der Waals surface area contributed by atoms with Crippen LogP contribution in [-0.4, -0.2) is 42.8 Å². The predicted octanol–water partition coefficient (Wildman–Crippen LogP) is 1.50. The van der Waals surface area contributed by atoms with Gasteiger partial charge in [0.25, 0.3) is 5.56 Å². The Bertz CT molecular complexity index is 973. The number of thioether (sulfide) groups is 1. The Hall–Kier alpha value is -2.35. The zero-order valence-corrected chi connectivity index (χ0v) is 15.4. The van der Waals surface area contributed by atoms with Gasteiger partial charge in [-0.1, -0.05) is 6.07 Å². The zero-order valence-electron chi connectivity index (χ0n) is 14.6. The molecule has 1 amide bonds. The number of hydrogen-bond acceptors (Lipinski definition) is 6. The number of fused-ring (bicyclic) bond motifs is 2. The molecule has 2 aromatic heterocycles. The van der Waals surface area contributed by atoms with Gasteiger partial charge in [-0.05, 0) is 31.9 Å². The highest BCUT2D eigenvalue weighted by atomic mass is 32.2. The first-order chi connectivity index (χ1) is 12.4. The number of aromatic nitrogens is 2. The summed E-state index contributed by atoms with van der Waals surface area (Å²) in [6.45, 7) is 3.80. The monoisotopic (exact) mass is 373 g/mol. The van der Waals surface area contributed by atoms with Crippen LogP contribution in [0.15, 0.2) is 29.2 Å². The fourth-order valence-corrected chi connectivity index (χ4v) is 4.99. The van der Waals surface area contributed by atoms with Crippen LogP contribution in [0, 0.1) is 6.92 Å². The van der Waals surface area contributed by atoms with Gasteiger partial charge in [-0.25, -0.2) is 9.78 Å². The lowest BCUT2D eigenvalue weighted by Crippen LogP contribution is -2.46. The number of rotatable bonds is 3. The van der Waals surface area contributed by atoms with E-state index in [0.29, 0.717) is 23.5 Å². The van der Waals surface area contributed by atoms with Crippen molar-refractivity contribution in [3.05, 3.63) is 46.0 Å². The van der Waals surface area contributed by atoms with Gasteiger partial charge in [-0.2, -0.15) is 0 Å². The number of ether oxygens (including phenoxy) is 1. The summed E-state index contributed by atoms with van der Waals surface area (Å²) in [6.07, 6.45) is 2.94. The molecule has 0 spiro atoms. The molecule has 2 aromatic rings. The van der Waals surface area contributed by atoms with Crippen molar-refractivity contribution in [2.24, 2.45) is 0 Å². The van der Waals surface area contributed by atoms with Gasteiger partial charge in [0.1, 0.15) is 18.3 Å². The van der Waals surface area contributed by atoms with Crippen LogP contribution in [-0.2, 0) is 20.9 Å². The molecule has 0 N–H and O–H groups in total. The predicted molar refractivity (Wildman–Crippen MR) is 96.7 cm³/mol. The second-order valence-corrected chi connectivity index (χ2v) is 8.40. The fourth-order valence-electron chi connectivity index (χ4n) is 3.57. The first-order valence-electron chi connectivity index (χ1n) is 8.49. The summed E-state index contributed by atoms with van der Waals surface area (Å²) in [5.74, 6) is 0.0908. The third-order valence-corrected chi connectivity index (χ3v) is 6.44. The van der Waals surface area contributed by atoms with E-state index in [1.54, 1.807) is 28.9 Å². The molecule has 4 heterocycles. The molecule has 2 fully saturated rings. The van der Waals surface area contributed by atoms with Crippen LogP contribution in [0.5, 0.6) is 0 Å². The van der Waals surface area contributed by atoms with E-state index in [0.717, 1.165) is 12.0 Å². The molecule has 26 heavy (non-hydrogen) atoms. The van der Waals surface area contributed by atoms with Crippen molar-refractivity contribution in [3.63, 3.8) is 0 Å². The molecule has 0 aromatic carbocycles. The number of hydrogen-bond donors (Lipinski definition) is 0. The van der Waals surface area contributed by atoms with E-state index in [1.165, 1.54) is 10.5 Å². The van der Waals surface area contributed by atoms with Gasteiger partial charge in [0.05, 0.1) is 10.6 Å². The van der Waals surface area contributed by atoms with Crippen molar-refractivity contribution < 1.29 is 14.3 Å². The smallest absolute Gasteiger partial charge is 0.330 e. The highest BCUT2D eigenvalue weighted by Crippen LogP contribution is 2.47. The molecule has 0 bridgehead atoms. The number of pyridine rings is 1. The molecule has 2 atom stereocenters. The van der Waals surface area contributed by atoms with Crippen molar-refractivity contribution in [1.82, 2.24) is 14.3 Å². The van der Waals surface area contributed by atoms with Crippen LogP contribution in [0.2, 0.25) is 0 Å². The van der Waals surface area contributed by atoms with Gasteiger partial charge in [0, 0.05) is 24.4 Å². The van der Waals surface area contributed by atoms with Crippen molar-refractivity contribution in [2.75, 3.05) is 5.75 Å². The van der Waals surface area contributed by atoms with E-state index in [2.05, 4.69) is 4.98 Å². The second kappa shape index (κ2) is 6.12. The van der Waals surface area contributed by atoms with E-state index < -0.39 is 12.0 Å². The van der Waals surface area contributed by atoms with E-state index in [1.807, 2.05) is 19.9 Å². The highest BCUT2D eigenvalue weighted by Gasteiger charge is 2.53. The molecule has 136 valence electrons. The Morgan fingerprint density at radius 2 is 2.23 bits per heavy atom. The summed E-state index contributed by atoms with van der Waals surface area (Å²) in [4.78, 5) is 42.6. The van der Waals surface area contributed by atoms with Gasteiger partial charge in [-0.3, -0.25) is 14.0 Å². The highest BCUT2D eigenvalue weighted by molar-refractivity contribution is 8.01. The largest absolute Gasteiger partial charge is 0.458 e. The number of amides is 1. The van der Waals surface area contributed by atoms with E-state index in [9.17, 15) is 14.4 Å². The minimum absolute atomic E-state index is 0.00288. The van der Waals surface area contributed by atoms with Gasteiger partial charge in [0.15, 0.2) is 0 Å². The molecule has 2 aliphatic heterocycles. The maximum Gasteiger partial charge on any atom is 0.330 e. The van der Waals surface area contributed by atoms with Gasteiger partial charge < -0.3 is 9.64 Å². The number of carbonyl (C=O) groups excluding carboxylic acids is 2. The minimum Gasteiger partial charge on any atom is -0.458 e. The molecule has 8 heteroatoms. The van der Waals surface area contributed by atoms with Crippen molar-refractivity contribution in [1.29, 1.82) is 0 Å². The molecule has 0 radical (unpaired) electrons. The quantitative estimate of drug-likeness (QED) is 0.759. The molecule has 0 aliphatic carbocycles. The van der Waals surface area contributed by atoms with Crippen molar-refractivity contribution in [2.45, 2.75) is 44.2 Å². The molecule has 0 unspecified atom stereocenters. The molecule has 4 rings (SSSR count). The minimum atomic E-state index is -0.566. The Morgan fingerprint density at radius 3 is 3.04 bits per heavy atom.